The molecule has 0 bridgehead atoms. The maximum atomic E-state index is 11.7. The summed E-state index contributed by atoms with van der Waals surface area (Å²) in [7, 11) is 0. The van der Waals surface area contributed by atoms with E-state index in [9.17, 15) is 4.79 Å². The fraction of sp³-hybridized carbons (Fsp3) is 0.400. The molecule has 0 aliphatic rings. The minimum atomic E-state index is 0.0933. The standard InChI is InChI=1S/C15H19N3OS/c1-10(2)7-14(19)17-9-13-11(3)18-15(20-13)12-5-4-6-16-8-12/h4-6,8,10H,7,9H2,1-3H3,(H,17,19). The summed E-state index contributed by atoms with van der Waals surface area (Å²) in [5.74, 6) is 0.472. The Morgan fingerprint density at radius 3 is 2.90 bits per heavy atom. The van der Waals surface area contributed by atoms with Crippen LogP contribution in [0.15, 0.2) is 24.5 Å². The predicted molar refractivity (Wildman–Crippen MR) is 81.4 cm³/mol. The fourth-order valence-electron chi connectivity index (χ4n) is 1.83. The molecule has 106 valence electrons. The molecule has 2 aromatic heterocycles. The van der Waals surface area contributed by atoms with Crippen molar-refractivity contribution in [2.24, 2.45) is 5.92 Å². The van der Waals surface area contributed by atoms with Crippen LogP contribution in [0, 0.1) is 12.8 Å². The minimum absolute atomic E-state index is 0.0933. The number of carbonyl (C=O) groups is 1. The lowest BCUT2D eigenvalue weighted by molar-refractivity contribution is -0.121. The molecular weight excluding hydrogens is 270 g/mol. The Kier molecular flexibility index (Phi) is 4.84. The maximum Gasteiger partial charge on any atom is 0.220 e. The summed E-state index contributed by atoms with van der Waals surface area (Å²) in [6.07, 6.45) is 4.11. The van der Waals surface area contributed by atoms with E-state index < -0.39 is 0 Å². The summed E-state index contributed by atoms with van der Waals surface area (Å²) < 4.78 is 0. The molecule has 0 aliphatic heterocycles. The van der Waals surface area contributed by atoms with Crippen molar-refractivity contribution >= 4 is 17.2 Å². The number of carbonyl (C=O) groups excluding carboxylic acids is 1. The third kappa shape index (κ3) is 3.87. The van der Waals surface area contributed by atoms with Crippen LogP contribution in [0.4, 0.5) is 0 Å². The highest BCUT2D eigenvalue weighted by molar-refractivity contribution is 7.15. The van der Waals surface area contributed by atoms with Crippen LogP contribution in [0.5, 0.6) is 0 Å². The number of thiazole rings is 1. The molecule has 2 heterocycles. The molecule has 0 saturated heterocycles. The average molecular weight is 289 g/mol. The van der Waals surface area contributed by atoms with Gasteiger partial charge < -0.3 is 5.32 Å². The first kappa shape index (κ1) is 14.7. The van der Waals surface area contributed by atoms with Crippen LogP contribution in [-0.4, -0.2) is 15.9 Å². The van der Waals surface area contributed by atoms with Crippen LogP contribution in [0.3, 0.4) is 0 Å². The zero-order chi connectivity index (χ0) is 14.5. The number of pyridine rings is 1. The van der Waals surface area contributed by atoms with Crippen LogP contribution in [0.25, 0.3) is 10.6 Å². The van der Waals surface area contributed by atoms with Crippen LogP contribution in [0.2, 0.25) is 0 Å². The van der Waals surface area contributed by atoms with E-state index >= 15 is 0 Å². The fourth-order valence-corrected chi connectivity index (χ4v) is 2.82. The lowest BCUT2D eigenvalue weighted by Gasteiger charge is -2.05. The Morgan fingerprint density at radius 1 is 1.45 bits per heavy atom. The van der Waals surface area contributed by atoms with E-state index in [0.717, 1.165) is 21.1 Å². The van der Waals surface area contributed by atoms with Gasteiger partial charge in [0.25, 0.3) is 0 Å². The average Bonchev–Trinajstić information content (AvgIpc) is 2.78. The second kappa shape index (κ2) is 6.61. The molecule has 5 heteroatoms. The van der Waals surface area contributed by atoms with Gasteiger partial charge in [-0.05, 0) is 25.0 Å². The van der Waals surface area contributed by atoms with Gasteiger partial charge in [0.1, 0.15) is 5.01 Å². The second-order valence-electron chi connectivity index (χ2n) is 5.14. The lowest BCUT2D eigenvalue weighted by atomic mass is 10.1. The summed E-state index contributed by atoms with van der Waals surface area (Å²) in [4.78, 5) is 21.4. The Labute approximate surface area is 123 Å². The van der Waals surface area contributed by atoms with Crippen molar-refractivity contribution in [3.63, 3.8) is 0 Å². The Balaban J connectivity index is 2.03. The summed E-state index contributed by atoms with van der Waals surface area (Å²) in [5.41, 5.74) is 1.99. The molecule has 2 rings (SSSR count). The molecule has 4 nitrogen and oxygen atoms in total. The first-order valence-electron chi connectivity index (χ1n) is 6.69. The third-order valence-corrected chi connectivity index (χ3v) is 4.05. The zero-order valence-electron chi connectivity index (χ0n) is 12.0. The third-order valence-electron chi connectivity index (χ3n) is 2.84. The summed E-state index contributed by atoms with van der Waals surface area (Å²) in [6, 6.07) is 3.89. The van der Waals surface area contributed by atoms with Gasteiger partial charge in [-0.15, -0.1) is 11.3 Å². The molecule has 0 aromatic carbocycles. The van der Waals surface area contributed by atoms with Crippen molar-refractivity contribution in [1.29, 1.82) is 0 Å². The van der Waals surface area contributed by atoms with E-state index in [0.29, 0.717) is 18.9 Å². The highest BCUT2D eigenvalue weighted by Gasteiger charge is 2.11. The van der Waals surface area contributed by atoms with Gasteiger partial charge in [0.2, 0.25) is 5.91 Å². The number of hydrogen-bond acceptors (Lipinski definition) is 4. The summed E-state index contributed by atoms with van der Waals surface area (Å²) in [5, 5.41) is 3.90. The molecule has 0 aliphatic carbocycles. The highest BCUT2D eigenvalue weighted by Crippen LogP contribution is 2.27. The van der Waals surface area contributed by atoms with E-state index in [1.807, 2.05) is 32.9 Å². The number of aromatic nitrogens is 2. The van der Waals surface area contributed by atoms with Gasteiger partial charge >= 0.3 is 0 Å². The largest absolute Gasteiger partial charge is 0.351 e. The highest BCUT2D eigenvalue weighted by atomic mass is 32.1. The molecule has 0 unspecified atom stereocenters. The van der Waals surface area contributed by atoms with Gasteiger partial charge in [0, 0.05) is 29.3 Å². The number of aryl methyl sites for hydroxylation is 1. The SMILES string of the molecule is Cc1nc(-c2cccnc2)sc1CNC(=O)CC(C)C. The monoisotopic (exact) mass is 289 g/mol. The quantitative estimate of drug-likeness (QED) is 0.919. The molecule has 1 N–H and O–H groups in total. The molecule has 0 radical (unpaired) electrons. The van der Waals surface area contributed by atoms with Crippen LogP contribution in [0.1, 0.15) is 30.8 Å². The number of hydrogen-bond donors (Lipinski definition) is 1. The van der Waals surface area contributed by atoms with Crippen LogP contribution < -0.4 is 5.32 Å². The smallest absolute Gasteiger partial charge is 0.220 e. The van der Waals surface area contributed by atoms with Crippen LogP contribution >= 0.6 is 11.3 Å². The zero-order valence-corrected chi connectivity index (χ0v) is 12.8. The van der Waals surface area contributed by atoms with Crippen molar-refractivity contribution in [2.75, 3.05) is 0 Å². The predicted octanol–water partition coefficient (Wildman–Crippen LogP) is 3.18. The van der Waals surface area contributed by atoms with E-state index in [1.54, 1.807) is 23.7 Å². The number of rotatable bonds is 5. The van der Waals surface area contributed by atoms with Crippen molar-refractivity contribution in [2.45, 2.75) is 33.7 Å². The van der Waals surface area contributed by atoms with Gasteiger partial charge in [-0.3, -0.25) is 9.78 Å². The molecule has 1 amide bonds. The first-order valence-corrected chi connectivity index (χ1v) is 7.51. The van der Waals surface area contributed by atoms with Gasteiger partial charge in [0.05, 0.1) is 12.2 Å². The van der Waals surface area contributed by atoms with Crippen molar-refractivity contribution in [1.82, 2.24) is 15.3 Å². The normalized spacial score (nSPS) is 10.8. The van der Waals surface area contributed by atoms with E-state index in [-0.39, 0.29) is 5.91 Å². The number of nitrogens with one attached hydrogen (secondary N) is 1. The Hall–Kier alpha value is -1.75. The Morgan fingerprint density at radius 2 is 2.25 bits per heavy atom. The molecule has 0 atom stereocenters. The topological polar surface area (TPSA) is 54.9 Å². The maximum absolute atomic E-state index is 11.7. The summed E-state index contributed by atoms with van der Waals surface area (Å²) >= 11 is 1.61. The van der Waals surface area contributed by atoms with Crippen molar-refractivity contribution in [3.05, 3.63) is 35.1 Å². The van der Waals surface area contributed by atoms with Crippen molar-refractivity contribution < 1.29 is 4.79 Å². The van der Waals surface area contributed by atoms with E-state index in [2.05, 4.69) is 15.3 Å². The molecule has 20 heavy (non-hydrogen) atoms. The van der Waals surface area contributed by atoms with Gasteiger partial charge in [-0.1, -0.05) is 13.8 Å². The minimum Gasteiger partial charge on any atom is -0.351 e. The first-order chi connectivity index (χ1) is 9.56. The molecule has 0 fully saturated rings. The van der Waals surface area contributed by atoms with E-state index in [1.165, 1.54) is 0 Å². The van der Waals surface area contributed by atoms with Crippen LogP contribution in [-0.2, 0) is 11.3 Å². The molecule has 2 aromatic rings. The van der Waals surface area contributed by atoms with Gasteiger partial charge in [-0.25, -0.2) is 4.98 Å². The van der Waals surface area contributed by atoms with Crippen molar-refractivity contribution in [3.8, 4) is 10.6 Å². The number of nitrogens with zero attached hydrogens (tertiary/aromatic N) is 2. The summed E-state index contributed by atoms with van der Waals surface area (Å²) in [6.45, 7) is 6.60. The Bertz CT molecular complexity index is 578. The molecule has 0 spiro atoms. The van der Waals surface area contributed by atoms with Gasteiger partial charge in [0.15, 0.2) is 0 Å². The second-order valence-corrected chi connectivity index (χ2v) is 6.23. The van der Waals surface area contributed by atoms with E-state index in [4.69, 9.17) is 0 Å². The molecule has 0 saturated carbocycles. The number of amides is 1. The van der Waals surface area contributed by atoms with Gasteiger partial charge in [-0.2, -0.15) is 0 Å². The lowest BCUT2D eigenvalue weighted by Crippen LogP contribution is -2.23. The molecular formula is C15H19N3OS.